The predicted molar refractivity (Wildman–Crippen MR) is 145 cm³/mol. The van der Waals surface area contributed by atoms with Gasteiger partial charge in [-0.05, 0) is 96.7 Å². The van der Waals surface area contributed by atoms with Crippen molar-refractivity contribution in [2.75, 3.05) is 38.1 Å². The maximum absolute atomic E-state index is 13.2. The number of rotatable bonds is 14. The highest BCUT2D eigenvalue weighted by atomic mass is 19.4. The zero-order valence-corrected chi connectivity index (χ0v) is 23.8. The molecule has 1 aromatic heterocycles. The van der Waals surface area contributed by atoms with E-state index >= 15 is 0 Å². The standard InChI is InChI=1S/C29H43F3N4O4/c1-26(2,3)40-16-15-36(13-5-4-8-21-10-9-20-7-6-12-33-23(20)34-21)14-11-22(24(37)38)35-25(39)27-17-28(18-27,19-27)29(30,31)32/h9-10,22H,4-8,11-19H2,1-3H3,(H,33,34)(H,35,39)(H,37,38). The Bertz CT molecular complexity index is 1050. The number of aliphatic carboxylic acids is 1. The lowest BCUT2D eigenvalue weighted by atomic mass is 9.34. The lowest BCUT2D eigenvalue weighted by Gasteiger charge is -2.69. The van der Waals surface area contributed by atoms with Gasteiger partial charge in [0.2, 0.25) is 5.91 Å². The highest BCUT2D eigenvalue weighted by molar-refractivity contribution is 5.90. The van der Waals surface area contributed by atoms with Crippen molar-refractivity contribution in [3.05, 3.63) is 23.4 Å². The Hall–Kier alpha value is -2.40. The molecule has 3 aliphatic carbocycles. The minimum absolute atomic E-state index is 0.162. The van der Waals surface area contributed by atoms with Crippen molar-refractivity contribution in [3.8, 4) is 0 Å². The number of hydrogen-bond donors (Lipinski definition) is 3. The summed E-state index contributed by atoms with van der Waals surface area (Å²) in [6, 6.07) is 3.08. The topological polar surface area (TPSA) is 104 Å². The normalized spacial score (nSPS) is 24.4. The molecular weight excluding hydrogens is 525 g/mol. The average molecular weight is 569 g/mol. The molecule has 1 aliphatic heterocycles. The van der Waals surface area contributed by atoms with Gasteiger partial charge in [0.1, 0.15) is 11.9 Å². The van der Waals surface area contributed by atoms with E-state index in [0.29, 0.717) is 19.7 Å². The lowest BCUT2D eigenvalue weighted by molar-refractivity contribution is -0.351. The molecule has 1 unspecified atom stereocenters. The number of unbranched alkanes of at least 4 members (excludes halogenated alkanes) is 1. The van der Waals surface area contributed by atoms with Crippen LogP contribution in [0.3, 0.4) is 0 Å². The minimum Gasteiger partial charge on any atom is -0.480 e. The zero-order valence-electron chi connectivity index (χ0n) is 23.8. The van der Waals surface area contributed by atoms with Crippen LogP contribution in [-0.2, 0) is 27.2 Å². The van der Waals surface area contributed by atoms with Crippen LogP contribution in [0.5, 0.6) is 0 Å². The first-order valence-corrected chi connectivity index (χ1v) is 14.4. The van der Waals surface area contributed by atoms with Gasteiger partial charge in [0.05, 0.1) is 23.0 Å². The van der Waals surface area contributed by atoms with E-state index in [2.05, 4.69) is 27.7 Å². The molecule has 224 valence electrons. The van der Waals surface area contributed by atoms with Crippen molar-refractivity contribution in [1.29, 1.82) is 0 Å². The van der Waals surface area contributed by atoms with Gasteiger partial charge in [-0.3, -0.25) is 4.79 Å². The number of anilines is 1. The summed E-state index contributed by atoms with van der Waals surface area (Å²) in [4.78, 5) is 31.6. The smallest absolute Gasteiger partial charge is 0.394 e. The van der Waals surface area contributed by atoms with Crippen LogP contribution in [0.25, 0.3) is 0 Å². The number of halogens is 3. The van der Waals surface area contributed by atoms with E-state index in [9.17, 15) is 27.9 Å². The molecule has 8 nitrogen and oxygen atoms in total. The molecule has 0 radical (unpaired) electrons. The Morgan fingerprint density at radius 1 is 1.15 bits per heavy atom. The van der Waals surface area contributed by atoms with Crippen LogP contribution in [0.2, 0.25) is 0 Å². The molecule has 0 saturated heterocycles. The molecule has 2 bridgehead atoms. The first-order chi connectivity index (χ1) is 18.7. The van der Waals surface area contributed by atoms with E-state index in [1.165, 1.54) is 5.56 Å². The largest absolute Gasteiger partial charge is 0.480 e. The van der Waals surface area contributed by atoms with E-state index in [0.717, 1.165) is 56.7 Å². The fourth-order valence-electron chi connectivity index (χ4n) is 6.18. The maximum atomic E-state index is 13.2. The number of amides is 1. The minimum atomic E-state index is -4.32. The molecule has 1 aromatic rings. The van der Waals surface area contributed by atoms with Gasteiger partial charge in [-0.2, -0.15) is 13.2 Å². The van der Waals surface area contributed by atoms with Crippen LogP contribution >= 0.6 is 0 Å². The number of carbonyl (C=O) groups excluding carboxylic acids is 1. The summed E-state index contributed by atoms with van der Waals surface area (Å²) in [5.74, 6) is -0.761. The van der Waals surface area contributed by atoms with Crippen LogP contribution in [0.1, 0.15) is 77.0 Å². The Morgan fingerprint density at radius 2 is 1.88 bits per heavy atom. The molecular formula is C29H43F3N4O4. The van der Waals surface area contributed by atoms with E-state index in [1.54, 1.807) is 0 Å². The van der Waals surface area contributed by atoms with E-state index in [1.807, 2.05) is 20.8 Å². The van der Waals surface area contributed by atoms with E-state index < -0.39 is 34.9 Å². The molecule has 0 aromatic carbocycles. The Morgan fingerprint density at radius 3 is 2.52 bits per heavy atom. The molecule has 1 atom stereocenters. The Balaban J connectivity index is 1.26. The van der Waals surface area contributed by atoms with Crippen LogP contribution in [0, 0.1) is 10.8 Å². The van der Waals surface area contributed by atoms with Crippen molar-refractivity contribution in [2.24, 2.45) is 10.8 Å². The number of carboxylic acids is 1. The highest BCUT2D eigenvalue weighted by Crippen LogP contribution is 2.78. The molecule has 5 rings (SSSR count). The number of aromatic nitrogens is 1. The summed E-state index contributed by atoms with van der Waals surface area (Å²) in [6.45, 7) is 9.11. The molecule has 2 heterocycles. The number of nitrogens with one attached hydrogen (secondary N) is 2. The van der Waals surface area contributed by atoms with Gasteiger partial charge < -0.3 is 25.4 Å². The van der Waals surface area contributed by atoms with Crippen molar-refractivity contribution < 1.29 is 32.6 Å². The summed E-state index contributed by atoms with van der Waals surface area (Å²) < 4.78 is 45.4. The quantitative estimate of drug-likeness (QED) is 0.283. The van der Waals surface area contributed by atoms with Gasteiger partial charge in [0, 0.05) is 25.3 Å². The third kappa shape index (κ3) is 7.08. The molecule has 3 N–H and O–H groups in total. The average Bonchev–Trinajstić information content (AvgIpc) is 2.80. The Kier molecular flexibility index (Phi) is 9.04. The molecule has 1 amide bonds. The SMILES string of the molecule is CC(C)(C)OCCN(CCCCc1ccc2c(n1)NCCC2)CCC(NC(=O)C12CC(C(F)(F)F)(C1)C2)C(=O)O. The number of hydrogen-bond acceptors (Lipinski definition) is 6. The number of carbonyl (C=O) groups is 2. The molecule has 3 saturated carbocycles. The van der Waals surface area contributed by atoms with E-state index in [-0.39, 0.29) is 31.3 Å². The second-order valence-corrected chi connectivity index (χ2v) is 12.8. The van der Waals surface area contributed by atoms with Crippen LogP contribution in [0.4, 0.5) is 19.0 Å². The monoisotopic (exact) mass is 568 g/mol. The van der Waals surface area contributed by atoms with Crippen molar-refractivity contribution in [2.45, 2.75) is 96.4 Å². The summed E-state index contributed by atoms with van der Waals surface area (Å²) in [5, 5.41) is 15.6. The molecule has 4 aliphatic rings. The van der Waals surface area contributed by atoms with Crippen LogP contribution < -0.4 is 10.6 Å². The number of fused-ring (bicyclic) bond motifs is 1. The summed E-state index contributed by atoms with van der Waals surface area (Å²) in [6.07, 6.45) is -0.0642. The van der Waals surface area contributed by atoms with Gasteiger partial charge >= 0.3 is 12.1 Å². The lowest BCUT2D eigenvalue weighted by Crippen LogP contribution is -2.73. The first kappa shape index (κ1) is 30.6. The number of nitrogens with zero attached hydrogens (tertiary/aromatic N) is 2. The third-order valence-corrected chi connectivity index (χ3v) is 8.50. The Labute approximate surface area is 234 Å². The van der Waals surface area contributed by atoms with Crippen molar-refractivity contribution >= 4 is 17.7 Å². The summed E-state index contributed by atoms with van der Waals surface area (Å²) in [5.41, 5.74) is -0.813. The zero-order chi connectivity index (χ0) is 29.2. The van der Waals surface area contributed by atoms with Crippen LogP contribution in [0.15, 0.2) is 12.1 Å². The van der Waals surface area contributed by atoms with Gasteiger partial charge in [-0.15, -0.1) is 0 Å². The van der Waals surface area contributed by atoms with Crippen molar-refractivity contribution in [1.82, 2.24) is 15.2 Å². The van der Waals surface area contributed by atoms with Crippen LogP contribution in [-0.4, -0.2) is 77.5 Å². The second kappa shape index (κ2) is 11.8. The van der Waals surface area contributed by atoms with Gasteiger partial charge in [0.15, 0.2) is 0 Å². The number of pyridine rings is 1. The molecule has 11 heteroatoms. The fourth-order valence-corrected chi connectivity index (χ4v) is 6.18. The second-order valence-electron chi connectivity index (χ2n) is 12.8. The number of aryl methyl sites for hydroxylation is 2. The first-order valence-electron chi connectivity index (χ1n) is 14.4. The summed E-state index contributed by atoms with van der Waals surface area (Å²) >= 11 is 0. The van der Waals surface area contributed by atoms with Gasteiger partial charge in [0.25, 0.3) is 0 Å². The molecule has 3 fully saturated rings. The maximum Gasteiger partial charge on any atom is 0.394 e. The summed E-state index contributed by atoms with van der Waals surface area (Å²) in [7, 11) is 0. The van der Waals surface area contributed by atoms with Gasteiger partial charge in [-0.25, -0.2) is 9.78 Å². The predicted octanol–water partition coefficient (Wildman–Crippen LogP) is 4.57. The number of alkyl halides is 3. The van der Waals surface area contributed by atoms with Crippen molar-refractivity contribution in [3.63, 3.8) is 0 Å². The fraction of sp³-hybridized carbons (Fsp3) is 0.759. The number of carboxylic acid groups (broad SMARTS) is 1. The molecule has 0 spiro atoms. The number of ether oxygens (including phenoxy) is 1. The highest BCUT2D eigenvalue weighted by Gasteiger charge is 2.81. The molecule has 40 heavy (non-hydrogen) atoms. The van der Waals surface area contributed by atoms with Gasteiger partial charge in [-0.1, -0.05) is 6.07 Å². The van der Waals surface area contributed by atoms with E-state index in [4.69, 9.17) is 9.72 Å². The third-order valence-electron chi connectivity index (χ3n) is 8.50.